The topological polar surface area (TPSA) is 56.5 Å². The molecule has 0 fully saturated rings. The van der Waals surface area contributed by atoms with E-state index in [0.717, 1.165) is 17.0 Å². The maximum absolute atomic E-state index is 6.09. The SMILES string of the molecule is CCOc1cccc(NCc2ccccc2OC)c1N. The third-order valence-electron chi connectivity index (χ3n) is 3.03. The van der Waals surface area contributed by atoms with E-state index in [0.29, 0.717) is 24.6 Å². The zero-order valence-corrected chi connectivity index (χ0v) is 11.8. The van der Waals surface area contributed by atoms with Crippen LogP contribution in [0.1, 0.15) is 12.5 Å². The van der Waals surface area contributed by atoms with Gasteiger partial charge in [-0.15, -0.1) is 0 Å². The molecule has 0 radical (unpaired) electrons. The van der Waals surface area contributed by atoms with Gasteiger partial charge in [0.15, 0.2) is 0 Å². The Balaban J connectivity index is 2.13. The van der Waals surface area contributed by atoms with Crippen molar-refractivity contribution in [3.8, 4) is 11.5 Å². The van der Waals surface area contributed by atoms with Crippen LogP contribution in [-0.2, 0) is 6.54 Å². The summed E-state index contributed by atoms with van der Waals surface area (Å²) in [6.45, 7) is 3.18. The molecule has 2 aromatic carbocycles. The van der Waals surface area contributed by atoms with Gasteiger partial charge in [-0.3, -0.25) is 0 Å². The Kier molecular flexibility index (Phi) is 4.71. The summed E-state index contributed by atoms with van der Waals surface area (Å²) in [7, 11) is 1.67. The van der Waals surface area contributed by atoms with E-state index in [1.807, 2.05) is 49.4 Å². The smallest absolute Gasteiger partial charge is 0.144 e. The minimum absolute atomic E-state index is 0.597. The number of para-hydroxylation sites is 2. The quantitative estimate of drug-likeness (QED) is 0.792. The molecule has 2 aromatic rings. The maximum Gasteiger partial charge on any atom is 0.144 e. The summed E-state index contributed by atoms with van der Waals surface area (Å²) in [5.41, 5.74) is 8.66. The van der Waals surface area contributed by atoms with Crippen molar-refractivity contribution in [3.63, 3.8) is 0 Å². The van der Waals surface area contributed by atoms with Gasteiger partial charge in [0.2, 0.25) is 0 Å². The first-order chi connectivity index (χ1) is 9.76. The fourth-order valence-corrected chi connectivity index (χ4v) is 2.02. The van der Waals surface area contributed by atoms with Gasteiger partial charge in [-0.2, -0.15) is 0 Å². The first-order valence-electron chi connectivity index (χ1n) is 6.63. The van der Waals surface area contributed by atoms with E-state index < -0.39 is 0 Å². The van der Waals surface area contributed by atoms with Crippen LogP contribution in [0.15, 0.2) is 42.5 Å². The van der Waals surface area contributed by atoms with E-state index in [4.69, 9.17) is 15.2 Å². The summed E-state index contributed by atoms with van der Waals surface area (Å²) < 4.78 is 10.8. The van der Waals surface area contributed by atoms with Crippen molar-refractivity contribution in [2.75, 3.05) is 24.8 Å². The molecule has 0 bridgehead atoms. The van der Waals surface area contributed by atoms with Gasteiger partial charge in [-0.05, 0) is 25.1 Å². The number of ether oxygens (including phenoxy) is 2. The second-order valence-corrected chi connectivity index (χ2v) is 4.32. The van der Waals surface area contributed by atoms with Crippen LogP contribution in [0.25, 0.3) is 0 Å². The normalized spacial score (nSPS) is 10.1. The highest BCUT2D eigenvalue weighted by atomic mass is 16.5. The Morgan fingerprint density at radius 3 is 2.55 bits per heavy atom. The van der Waals surface area contributed by atoms with Gasteiger partial charge >= 0.3 is 0 Å². The van der Waals surface area contributed by atoms with E-state index in [-0.39, 0.29) is 0 Å². The monoisotopic (exact) mass is 272 g/mol. The third kappa shape index (κ3) is 3.15. The second-order valence-electron chi connectivity index (χ2n) is 4.32. The van der Waals surface area contributed by atoms with Crippen molar-refractivity contribution in [1.82, 2.24) is 0 Å². The number of hydrogen-bond donors (Lipinski definition) is 2. The Hall–Kier alpha value is -2.36. The molecule has 0 aromatic heterocycles. The number of nitrogens with two attached hydrogens (primary N) is 1. The highest BCUT2D eigenvalue weighted by Gasteiger charge is 2.07. The second kappa shape index (κ2) is 6.70. The number of nitrogens with one attached hydrogen (secondary N) is 1. The molecule has 0 saturated heterocycles. The Morgan fingerprint density at radius 1 is 1.05 bits per heavy atom. The number of nitrogen functional groups attached to an aromatic ring is 1. The van der Waals surface area contributed by atoms with Gasteiger partial charge in [0.1, 0.15) is 11.5 Å². The predicted octanol–water partition coefficient (Wildman–Crippen LogP) is 3.29. The lowest BCUT2D eigenvalue weighted by atomic mass is 10.2. The van der Waals surface area contributed by atoms with Crippen LogP contribution in [0.4, 0.5) is 11.4 Å². The van der Waals surface area contributed by atoms with Gasteiger partial charge in [-0.25, -0.2) is 0 Å². The average molecular weight is 272 g/mol. The molecule has 20 heavy (non-hydrogen) atoms. The summed E-state index contributed by atoms with van der Waals surface area (Å²) in [5, 5.41) is 3.32. The van der Waals surface area contributed by atoms with Crippen LogP contribution in [-0.4, -0.2) is 13.7 Å². The highest BCUT2D eigenvalue weighted by Crippen LogP contribution is 2.30. The number of anilines is 2. The van der Waals surface area contributed by atoms with Crippen molar-refractivity contribution < 1.29 is 9.47 Å². The Bertz CT molecular complexity index is 570. The van der Waals surface area contributed by atoms with E-state index in [9.17, 15) is 0 Å². The van der Waals surface area contributed by atoms with Crippen LogP contribution in [0.5, 0.6) is 11.5 Å². The molecular weight excluding hydrogens is 252 g/mol. The molecule has 0 saturated carbocycles. The van der Waals surface area contributed by atoms with E-state index in [1.165, 1.54) is 0 Å². The largest absolute Gasteiger partial charge is 0.496 e. The van der Waals surface area contributed by atoms with Crippen LogP contribution < -0.4 is 20.5 Å². The van der Waals surface area contributed by atoms with Gasteiger partial charge < -0.3 is 20.5 Å². The van der Waals surface area contributed by atoms with E-state index >= 15 is 0 Å². The summed E-state index contributed by atoms with van der Waals surface area (Å²) in [6, 6.07) is 13.6. The molecule has 0 spiro atoms. The fraction of sp³-hybridized carbons (Fsp3) is 0.250. The van der Waals surface area contributed by atoms with Crippen LogP contribution in [0.3, 0.4) is 0 Å². The van der Waals surface area contributed by atoms with Crippen molar-refractivity contribution in [2.24, 2.45) is 0 Å². The Morgan fingerprint density at radius 2 is 1.80 bits per heavy atom. The van der Waals surface area contributed by atoms with Gasteiger partial charge in [0, 0.05) is 12.1 Å². The molecule has 3 N–H and O–H groups in total. The van der Waals surface area contributed by atoms with E-state index in [2.05, 4.69) is 5.32 Å². The van der Waals surface area contributed by atoms with Crippen LogP contribution in [0.2, 0.25) is 0 Å². The van der Waals surface area contributed by atoms with Crippen molar-refractivity contribution in [1.29, 1.82) is 0 Å². The molecule has 4 heteroatoms. The standard InChI is InChI=1S/C16H20N2O2/c1-3-20-15-10-6-8-13(16(15)17)18-11-12-7-4-5-9-14(12)19-2/h4-10,18H,3,11,17H2,1-2H3. The van der Waals surface area contributed by atoms with Gasteiger partial charge in [0.25, 0.3) is 0 Å². The first kappa shape index (κ1) is 14.1. The van der Waals surface area contributed by atoms with Gasteiger partial charge in [-0.1, -0.05) is 24.3 Å². The fourth-order valence-electron chi connectivity index (χ4n) is 2.02. The van der Waals surface area contributed by atoms with Gasteiger partial charge in [0.05, 0.1) is 25.1 Å². The van der Waals surface area contributed by atoms with Crippen molar-refractivity contribution in [2.45, 2.75) is 13.5 Å². The minimum Gasteiger partial charge on any atom is -0.496 e. The average Bonchev–Trinajstić information content (AvgIpc) is 2.48. The van der Waals surface area contributed by atoms with Crippen molar-refractivity contribution in [3.05, 3.63) is 48.0 Å². The summed E-state index contributed by atoms with van der Waals surface area (Å²) >= 11 is 0. The molecule has 0 unspecified atom stereocenters. The maximum atomic E-state index is 6.09. The molecule has 0 aliphatic heterocycles. The molecular formula is C16H20N2O2. The molecule has 4 nitrogen and oxygen atoms in total. The molecule has 2 rings (SSSR count). The lowest BCUT2D eigenvalue weighted by molar-refractivity contribution is 0.342. The number of benzene rings is 2. The summed E-state index contributed by atoms with van der Waals surface area (Å²) in [4.78, 5) is 0. The molecule has 0 aliphatic rings. The lowest BCUT2D eigenvalue weighted by Gasteiger charge is -2.14. The molecule has 0 atom stereocenters. The zero-order valence-electron chi connectivity index (χ0n) is 11.8. The number of rotatable bonds is 6. The number of hydrogen-bond acceptors (Lipinski definition) is 4. The lowest BCUT2D eigenvalue weighted by Crippen LogP contribution is -2.05. The minimum atomic E-state index is 0.597. The molecule has 106 valence electrons. The zero-order chi connectivity index (χ0) is 14.4. The molecule has 0 aliphatic carbocycles. The van der Waals surface area contributed by atoms with E-state index in [1.54, 1.807) is 7.11 Å². The first-order valence-corrected chi connectivity index (χ1v) is 6.63. The summed E-state index contributed by atoms with van der Waals surface area (Å²) in [5.74, 6) is 1.57. The summed E-state index contributed by atoms with van der Waals surface area (Å²) in [6.07, 6.45) is 0. The molecule has 0 heterocycles. The third-order valence-corrected chi connectivity index (χ3v) is 3.03. The van der Waals surface area contributed by atoms with Crippen LogP contribution in [0, 0.1) is 0 Å². The highest BCUT2D eigenvalue weighted by molar-refractivity contribution is 5.73. The van der Waals surface area contributed by atoms with Crippen molar-refractivity contribution >= 4 is 11.4 Å². The predicted molar refractivity (Wildman–Crippen MR) is 82.3 cm³/mol. The Labute approximate surface area is 119 Å². The number of methoxy groups -OCH3 is 1. The molecule has 0 amide bonds. The van der Waals surface area contributed by atoms with Crippen LogP contribution >= 0.6 is 0 Å².